The first-order chi connectivity index (χ1) is 10.0. The normalized spacial score (nSPS) is 16.8. The van der Waals surface area contributed by atoms with Gasteiger partial charge in [-0.05, 0) is 50.5 Å². The molecule has 0 spiro atoms. The van der Waals surface area contributed by atoms with Gasteiger partial charge >= 0.3 is 5.97 Å². The third kappa shape index (κ3) is 2.89. The first-order valence-electron chi connectivity index (χ1n) is 7.23. The lowest BCUT2D eigenvalue weighted by Crippen LogP contribution is -2.41. The smallest absolute Gasteiger partial charge is 0.345 e. The number of piperidine rings is 1. The van der Waals surface area contributed by atoms with Crippen LogP contribution in [0.1, 0.15) is 22.5 Å². The van der Waals surface area contributed by atoms with Crippen LogP contribution >= 0.6 is 11.3 Å². The largest absolute Gasteiger partial charge is 0.477 e. The van der Waals surface area contributed by atoms with E-state index in [1.807, 2.05) is 6.07 Å². The lowest BCUT2D eigenvalue weighted by atomic mass is 10.0. The van der Waals surface area contributed by atoms with Crippen molar-refractivity contribution < 1.29 is 9.90 Å². The number of benzene rings is 1. The third-order valence-corrected chi connectivity index (χ3v) is 5.36. The summed E-state index contributed by atoms with van der Waals surface area (Å²) >= 11 is 1.35. The Morgan fingerprint density at radius 3 is 2.62 bits per heavy atom. The number of hydrogen-bond acceptors (Lipinski definition) is 4. The van der Waals surface area contributed by atoms with Crippen molar-refractivity contribution in [3.8, 4) is 0 Å². The van der Waals surface area contributed by atoms with Crippen molar-refractivity contribution in [2.75, 3.05) is 32.1 Å². The van der Waals surface area contributed by atoms with E-state index in [1.165, 1.54) is 29.9 Å². The topological polar surface area (TPSA) is 43.8 Å². The fraction of sp³-hybridized carbons (Fsp3) is 0.438. The second kappa shape index (κ2) is 5.66. The molecule has 0 saturated carbocycles. The monoisotopic (exact) mass is 304 g/mol. The van der Waals surface area contributed by atoms with Crippen molar-refractivity contribution in [1.82, 2.24) is 4.90 Å². The molecule has 1 aromatic carbocycles. The Bertz CT molecular complexity index is 657. The highest BCUT2D eigenvalue weighted by Gasteiger charge is 2.21. The van der Waals surface area contributed by atoms with Crippen molar-refractivity contribution in [3.63, 3.8) is 0 Å². The van der Waals surface area contributed by atoms with Gasteiger partial charge in [-0.25, -0.2) is 4.79 Å². The summed E-state index contributed by atoms with van der Waals surface area (Å²) < 4.78 is 1.06. The van der Waals surface area contributed by atoms with Gasteiger partial charge in [-0.1, -0.05) is 6.07 Å². The first-order valence-corrected chi connectivity index (χ1v) is 8.04. The molecule has 0 bridgehead atoms. The number of aromatic carboxylic acids is 1. The molecule has 2 heterocycles. The minimum atomic E-state index is -0.843. The standard InChI is InChI=1S/C16H20N2O2S/c1-17(2)12-5-7-18(8-6-12)13-4-3-11-9-15(16(19)20)21-14(11)10-13/h3-4,9-10,12H,5-8H2,1-2H3,(H,19,20). The summed E-state index contributed by atoms with van der Waals surface area (Å²) in [6.07, 6.45) is 2.35. The number of carboxylic acid groups (broad SMARTS) is 1. The Morgan fingerprint density at radius 2 is 2.00 bits per heavy atom. The SMILES string of the molecule is CN(C)C1CCN(c2ccc3cc(C(=O)O)sc3c2)CC1. The van der Waals surface area contributed by atoms with E-state index < -0.39 is 5.97 Å². The molecule has 1 saturated heterocycles. The summed E-state index contributed by atoms with van der Waals surface area (Å²) in [5.41, 5.74) is 1.21. The van der Waals surface area contributed by atoms with Crippen LogP contribution in [-0.2, 0) is 0 Å². The number of fused-ring (bicyclic) bond motifs is 1. The predicted molar refractivity (Wildman–Crippen MR) is 87.7 cm³/mol. The summed E-state index contributed by atoms with van der Waals surface area (Å²) in [5, 5.41) is 10.1. The molecule has 112 valence electrons. The van der Waals surface area contributed by atoms with Gasteiger partial charge in [-0.3, -0.25) is 0 Å². The van der Waals surface area contributed by atoms with Gasteiger partial charge in [-0.2, -0.15) is 0 Å². The summed E-state index contributed by atoms with van der Waals surface area (Å²) in [6, 6.07) is 8.69. The molecule has 1 aromatic heterocycles. The fourth-order valence-corrected chi connectivity index (χ4v) is 3.90. The molecular formula is C16H20N2O2S. The predicted octanol–water partition coefficient (Wildman–Crippen LogP) is 3.13. The summed E-state index contributed by atoms with van der Waals surface area (Å²) in [5.74, 6) is -0.843. The zero-order chi connectivity index (χ0) is 15.0. The Balaban J connectivity index is 1.80. The number of hydrogen-bond donors (Lipinski definition) is 1. The molecule has 0 radical (unpaired) electrons. The van der Waals surface area contributed by atoms with E-state index in [9.17, 15) is 4.79 Å². The van der Waals surface area contributed by atoms with E-state index in [1.54, 1.807) is 6.07 Å². The summed E-state index contributed by atoms with van der Waals surface area (Å²) in [7, 11) is 4.29. The molecule has 1 aliphatic rings. The van der Waals surface area contributed by atoms with Gasteiger partial charge in [0.1, 0.15) is 4.88 Å². The van der Waals surface area contributed by atoms with Crippen LogP contribution in [-0.4, -0.2) is 49.2 Å². The van der Waals surface area contributed by atoms with Crippen LogP contribution in [0.5, 0.6) is 0 Å². The van der Waals surface area contributed by atoms with Crippen LogP contribution in [0.2, 0.25) is 0 Å². The average Bonchev–Trinajstić information content (AvgIpc) is 2.90. The van der Waals surface area contributed by atoms with Crippen LogP contribution in [0.25, 0.3) is 10.1 Å². The van der Waals surface area contributed by atoms with Gasteiger partial charge < -0.3 is 14.9 Å². The molecule has 0 aliphatic carbocycles. The summed E-state index contributed by atoms with van der Waals surface area (Å²) in [6.45, 7) is 2.12. The van der Waals surface area contributed by atoms with E-state index in [4.69, 9.17) is 5.11 Å². The maximum Gasteiger partial charge on any atom is 0.345 e. The second-order valence-corrected chi connectivity index (χ2v) is 6.90. The number of nitrogens with zero attached hydrogens (tertiary/aromatic N) is 2. The van der Waals surface area contributed by atoms with Crippen molar-refractivity contribution in [1.29, 1.82) is 0 Å². The summed E-state index contributed by atoms with van der Waals surface area (Å²) in [4.78, 5) is 16.2. The van der Waals surface area contributed by atoms with Gasteiger partial charge in [0.2, 0.25) is 0 Å². The van der Waals surface area contributed by atoms with E-state index in [0.29, 0.717) is 10.9 Å². The first kappa shape index (κ1) is 14.4. The molecule has 0 atom stereocenters. The van der Waals surface area contributed by atoms with E-state index in [2.05, 4.69) is 36.0 Å². The van der Waals surface area contributed by atoms with E-state index in [-0.39, 0.29) is 0 Å². The van der Waals surface area contributed by atoms with Crippen LogP contribution in [0.4, 0.5) is 5.69 Å². The molecule has 3 rings (SSSR count). The van der Waals surface area contributed by atoms with E-state index in [0.717, 1.165) is 23.2 Å². The van der Waals surface area contributed by atoms with Crippen LogP contribution in [0.3, 0.4) is 0 Å². The molecule has 21 heavy (non-hydrogen) atoms. The van der Waals surface area contributed by atoms with Gasteiger partial charge in [0.25, 0.3) is 0 Å². The lowest BCUT2D eigenvalue weighted by molar-refractivity contribution is 0.0702. The molecule has 2 aromatic rings. The average molecular weight is 304 g/mol. The fourth-order valence-electron chi connectivity index (χ4n) is 2.96. The molecule has 1 aliphatic heterocycles. The molecule has 0 amide bonds. The van der Waals surface area contributed by atoms with Crippen LogP contribution in [0, 0.1) is 0 Å². The zero-order valence-corrected chi connectivity index (χ0v) is 13.2. The lowest BCUT2D eigenvalue weighted by Gasteiger charge is -2.36. The Kier molecular flexibility index (Phi) is 3.87. The van der Waals surface area contributed by atoms with Gasteiger partial charge in [0, 0.05) is 29.5 Å². The molecular weight excluding hydrogens is 284 g/mol. The number of carboxylic acids is 1. The minimum Gasteiger partial charge on any atom is -0.477 e. The van der Waals surface area contributed by atoms with Crippen molar-refractivity contribution in [2.24, 2.45) is 0 Å². The second-order valence-electron chi connectivity index (χ2n) is 5.82. The highest BCUT2D eigenvalue weighted by atomic mass is 32.1. The van der Waals surface area contributed by atoms with E-state index >= 15 is 0 Å². The van der Waals surface area contributed by atoms with Gasteiger partial charge in [-0.15, -0.1) is 11.3 Å². The number of thiophene rings is 1. The number of carbonyl (C=O) groups is 1. The third-order valence-electron chi connectivity index (χ3n) is 4.27. The molecule has 4 nitrogen and oxygen atoms in total. The zero-order valence-electron chi connectivity index (χ0n) is 12.4. The van der Waals surface area contributed by atoms with Crippen molar-refractivity contribution in [2.45, 2.75) is 18.9 Å². The quantitative estimate of drug-likeness (QED) is 0.946. The molecule has 0 unspecified atom stereocenters. The highest BCUT2D eigenvalue weighted by molar-refractivity contribution is 7.20. The maximum atomic E-state index is 11.1. The van der Waals surface area contributed by atoms with Crippen LogP contribution < -0.4 is 4.90 Å². The van der Waals surface area contributed by atoms with Crippen molar-refractivity contribution in [3.05, 3.63) is 29.1 Å². The number of rotatable bonds is 3. The Morgan fingerprint density at radius 1 is 1.29 bits per heavy atom. The van der Waals surface area contributed by atoms with Crippen LogP contribution in [0.15, 0.2) is 24.3 Å². The maximum absolute atomic E-state index is 11.1. The Labute approximate surface area is 128 Å². The number of anilines is 1. The molecule has 5 heteroatoms. The van der Waals surface area contributed by atoms with Crippen molar-refractivity contribution >= 4 is 33.1 Å². The minimum absolute atomic E-state index is 0.411. The Hall–Kier alpha value is -1.59. The highest BCUT2D eigenvalue weighted by Crippen LogP contribution is 2.31. The molecule has 1 N–H and O–H groups in total. The van der Waals surface area contributed by atoms with Gasteiger partial charge in [0.05, 0.1) is 0 Å². The van der Waals surface area contributed by atoms with Gasteiger partial charge in [0.15, 0.2) is 0 Å². The molecule has 1 fully saturated rings.